The molecule has 0 spiro atoms. The quantitative estimate of drug-likeness (QED) is 0.619. The Morgan fingerprint density at radius 2 is 2.42 bits per heavy atom. The van der Waals surface area contributed by atoms with E-state index in [0.29, 0.717) is 5.92 Å². The highest BCUT2D eigenvalue weighted by Crippen LogP contribution is 2.20. The Morgan fingerprint density at radius 3 is 3.25 bits per heavy atom. The molecule has 1 aliphatic carbocycles. The fraction of sp³-hybridized carbons (Fsp3) is 0.300. The number of rotatable bonds is 1. The number of fused-ring (bicyclic) bond motifs is 1. The van der Waals surface area contributed by atoms with E-state index in [4.69, 9.17) is 0 Å². The summed E-state index contributed by atoms with van der Waals surface area (Å²) in [4.78, 5) is 4.30. The summed E-state index contributed by atoms with van der Waals surface area (Å²) in [6, 6.07) is 0. The summed E-state index contributed by atoms with van der Waals surface area (Å²) < 4.78 is 0. The molecule has 0 amide bonds. The van der Waals surface area contributed by atoms with E-state index in [1.807, 2.05) is 13.2 Å². The molecule has 2 nitrogen and oxygen atoms in total. The normalized spacial score (nSPS) is 25.9. The van der Waals surface area contributed by atoms with Crippen LogP contribution in [-0.2, 0) is 0 Å². The highest BCUT2D eigenvalue weighted by atomic mass is 14.8. The Morgan fingerprint density at radius 1 is 1.50 bits per heavy atom. The predicted octanol–water partition coefficient (Wildman–Crippen LogP) is 1.63. The molecule has 12 heavy (non-hydrogen) atoms. The zero-order chi connectivity index (χ0) is 8.39. The lowest BCUT2D eigenvalue weighted by Crippen LogP contribution is -2.18. The van der Waals surface area contributed by atoms with E-state index < -0.39 is 0 Å². The Balaban J connectivity index is 2.26. The van der Waals surface area contributed by atoms with E-state index in [1.54, 1.807) is 0 Å². The minimum Gasteiger partial charge on any atom is -0.388 e. The van der Waals surface area contributed by atoms with Crippen LogP contribution in [0.15, 0.2) is 41.2 Å². The fourth-order valence-electron chi connectivity index (χ4n) is 1.50. The number of nitrogens with zero attached hydrogens (tertiary/aromatic N) is 1. The van der Waals surface area contributed by atoms with Crippen molar-refractivity contribution < 1.29 is 0 Å². The van der Waals surface area contributed by atoms with Gasteiger partial charge in [0.1, 0.15) is 0 Å². The van der Waals surface area contributed by atoms with E-state index in [1.165, 1.54) is 11.4 Å². The van der Waals surface area contributed by atoms with Crippen LogP contribution in [0.4, 0.5) is 0 Å². The van der Waals surface area contributed by atoms with Gasteiger partial charge in [0.2, 0.25) is 0 Å². The molecule has 1 unspecified atom stereocenters. The van der Waals surface area contributed by atoms with Crippen molar-refractivity contribution in [3.8, 4) is 0 Å². The van der Waals surface area contributed by atoms with Gasteiger partial charge in [0.05, 0.1) is 0 Å². The molecule has 0 saturated heterocycles. The van der Waals surface area contributed by atoms with Crippen LogP contribution in [0.1, 0.15) is 6.42 Å². The Bertz CT molecular complexity index is 295. The van der Waals surface area contributed by atoms with Crippen LogP contribution in [0.2, 0.25) is 0 Å². The lowest BCUT2D eigenvalue weighted by Gasteiger charge is -2.19. The standard InChI is InChI=1S/C10H12N2/c1-11-9-4-5-10-8(7-9)3-2-6-12-10/h2,4-8,11H,3H2,1H3. The average molecular weight is 160 g/mol. The first-order chi connectivity index (χ1) is 5.90. The monoisotopic (exact) mass is 160 g/mol. The number of hydrogen-bond acceptors (Lipinski definition) is 2. The van der Waals surface area contributed by atoms with Crippen molar-refractivity contribution in [3.63, 3.8) is 0 Å². The van der Waals surface area contributed by atoms with Crippen LogP contribution in [0, 0.1) is 5.92 Å². The summed E-state index contributed by atoms with van der Waals surface area (Å²) in [7, 11) is 1.94. The van der Waals surface area contributed by atoms with Gasteiger partial charge in [-0.15, -0.1) is 0 Å². The zero-order valence-electron chi connectivity index (χ0n) is 7.12. The van der Waals surface area contributed by atoms with Crippen molar-refractivity contribution in [1.29, 1.82) is 0 Å². The predicted molar refractivity (Wildman–Crippen MR) is 51.0 cm³/mol. The van der Waals surface area contributed by atoms with Crippen LogP contribution in [0.25, 0.3) is 0 Å². The van der Waals surface area contributed by atoms with E-state index >= 15 is 0 Å². The fourth-order valence-corrected chi connectivity index (χ4v) is 1.50. The molecule has 0 aromatic carbocycles. The maximum absolute atomic E-state index is 4.30. The van der Waals surface area contributed by atoms with Gasteiger partial charge in [-0.05, 0) is 18.6 Å². The summed E-state index contributed by atoms with van der Waals surface area (Å²) >= 11 is 0. The van der Waals surface area contributed by atoms with Gasteiger partial charge >= 0.3 is 0 Å². The number of allylic oxidation sites excluding steroid dienone is 4. The van der Waals surface area contributed by atoms with Crippen molar-refractivity contribution in [2.45, 2.75) is 6.42 Å². The van der Waals surface area contributed by atoms with E-state index in [9.17, 15) is 0 Å². The molecule has 2 aliphatic rings. The van der Waals surface area contributed by atoms with E-state index in [0.717, 1.165) is 6.42 Å². The van der Waals surface area contributed by atoms with Gasteiger partial charge in [0.25, 0.3) is 0 Å². The van der Waals surface area contributed by atoms with Crippen LogP contribution < -0.4 is 5.32 Å². The third-order valence-electron chi connectivity index (χ3n) is 2.20. The van der Waals surface area contributed by atoms with Crippen molar-refractivity contribution >= 4 is 5.71 Å². The Kier molecular flexibility index (Phi) is 1.82. The number of likely N-dealkylation sites (N-methyl/N-ethyl adjacent to an activating group) is 1. The molecule has 1 aliphatic heterocycles. The summed E-state index contributed by atoms with van der Waals surface area (Å²) in [6.07, 6.45) is 11.4. The minimum atomic E-state index is 0.488. The topological polar surface area (TPSA) is 24.4 Å². The third kappa shape index (κ3) is 1.20. The lowest BCUT2D eigenvalue weighted by molar-refractivity contribution is 0.835. The second-order valence-corrected chi connectivity index (χ2v) is 2.99. The molecular weight excluding hydrogens is 148 g/mol. The van der Waals surface area contributed by atoms with Crippen molar-refractivity contribution in [2.75, 3.05) is 7.05 Å². The van der Waals surface area contributed by atoms with Crippen molar-refractivity contribution in [2.24, 2.45) is 10.9 Å². The lowest BCUT2D eigenvalue weighted by atomic mass is 9.92. The molecular formula is C10H12N2. The van der Waals surface area contributed by atoms with Gasteiger partial charge < -0.3 is 5.32 Å². The molecule has 2 heteroatoms. The highest BCUT2D eigenvalue weighted by Gasteiger charge is 2.15. The van der Waals surface area contributed by atoms with Crippen molar-refractivity contribution in [1.82, 2.24) is 5.32 Å². The van der Waals surface area contributed by atoms with Crippen LogP contribution >= 0.6 is 0 Å². The molecule has 0 aromatic rings. The largest absolute Gasteiger partial charge is 0.388 e. The minimum absolute atomic E-state index is 0.488. The number of hydrogen-bond donors (Lipinski definition) is 1. The van der Waals surface area contributed by atoms with Crippen molar-refractivity contribution in [3.05, 3.63) is 36.2 Å². The summed E-state index contributed by atoms with van der Waals surface area (Å²) in [5.74, 6) is 0.488. The van der Waals surface area contributed by atoms with Crippen LogP contribution in [-0.4, -0.2) is 12.8 Å². The van der Waals surface area contributed by atoms with Gasteiger partial charge in [-0.3, -0.25) is 4.99 Å². The maximum Gasteiger partial charge on any atom is 0.0476 e. The number of aliphatic imine (C=N–C) groups is 1. The molecule has 0 saturated carbocycles. The van der Waals surface area contributed by atoms with Crippen LogP contribution in [0.3, 0.4) is 0 Å². The summed E-state index contributed by atoms with van der Waals surface area (Å²) in [5, 5.41) is 3.13. The second-order valence-electron chi connectivity index (χ2n) is 2.99. The van der Waals surface area contributed by atoms with Crippen LogP contribution in [0.5, 0.6) is 0 Å². The van der Waals surface area contributed by atoms with Gasteiger partial charge in [-0.2, -0.15) is 0 Å². The molecule has 0 aromatic heterocycles. The smallest absolute Gasteiger partial charge is 0.0476 e. The van der Waals surface area contributed by atoms with E-state index in [-0.39, 0.29) is 0 Å². The SMILES string of the molecule is CNC1=CC2CC=CN=C2C=C1. The zero-order valence-corrected chi connectivity index (χ0v) is 7.12. The Hall–Kier alpha value is -1.31. The molecule has 1 N–H and O–H groups in total. The summed E-state index contributed by atoms with van der Waals surface area (Å²) in [6.45, 7) is 0. The first-order valence-corrected chi connectivity index (χ1v) is 4.20. The van der Waals surface area contributed by atoms with Gasteiger partial charge in [-0.25, -0.2) is 0 Å². The molecule has 1 heterocycles. The highest BCUT2D eigenvalue weighted by molar-refractivity contribution is 6.00. The Labute approximate surface area is 72.4 Å². The van der Waals surface area contributed by atoms with Gasteiger partial charge in [0, 0.05) is 30.6 Å². The third-order valence-corrected chi connectivity index (χ3v) is 2.20. The van der Waals surface area contributed by atoms with Gasteiger partial charge in [-0.1, -0.05) is 12.2 Å². The molecule has 0 radical (unpaired) electrons. The molecule has 0 bridgehead atoms. The number of nitrogens with one attached hydrogen (secondary N) is 1. The molecule has 1 atom stereocenters. The maximum atomic E-state index is 4.30. The van der Waals surface area contributed by atoms with Gasteiger partial charge in [0.15, 0.2) is 0 Å². The average Bonchev–Trinajstić information content (AvgIpc) is 2.17. The molecule has 2 rings (SSSR count). The summed E-state index contributed by atoms with van der Waals surface area (Å²) in [5.41, 5.74) is 2.37. The molecule has 62 valence electrons. The first kappa shape index (κ1) is 7.35. The molecule has 0 fully saturated rings. The first-order valence-electron chi connectivity index (χ1n) is 4.20. The second kappa shape index (κ2) is 2.97. The van der Waals surface area contributed by atoms with E-state index in [2.05, 4.69) is 34.6 Å².